The van der Waals surface area contributed by atoms with Gasteiger partial charge >= 0.3 is 8.80 Å². The molecule has 0 aromatic rings. The Balaban J connectivity index is 4.65. The van der Waals surface area contributed by atoms with E-state index in [1.807, 2.05) is 20.8 Å². The van der Waals surface area contributed by atoms with Crippen LogP contribution in [-0.2, 0) is 13.3 Å². The van der Waals surface area contributed by atoms with E-state index < -0.39 is 8.80 Å². The second-order valence-electron chi connectivity index (χ2n) is 4.40. The molecule has 0 aliphatic rings. The van der Waals surface area contributed by atoms with Crippen LogP contribution in [0.4, 0.5) is 0 Å². The molecule has 0 saturated carbocycles. The molecule has 0 saturated heterocycles. The van der Waals surface area contributed by atoms with E-state index in [1.54, 1.807) is 0 Å². The number of hydrogen-bond donors (Lipinski definition) is 0. The number of rotatable bonds is 11. The van der Waals surface area contributed by atoms with E-state index in [-0.39, 0.29) is 16.1 Å². The fourth-order valence-corrected chi connectivity index (χ4v) is 4.81. The Morgan fingerprint density at radius 2 is 1.11 bits per heavy atom. The van der Waals surface area contributed by atoms with Gasteiger partial charge in [-0.25, -0.2) is 0 Å². The summed E-state index contributed by atoms with van der Waals surface area (Å²) in [5.74, 6) is 0.385. The van der Waals surface area contributed by atoms with Crippen LogP contribution < -0.4 is 0 Å². The van der Waals surface area contributed by atoms with Gasteiger partial charge in [0, 0.05) is 11.9 Å². The van der Waals surface area contributed by atoms with E-state index in [9.17, 15) is 0 Å². The van der Waals surface area contributed by atoms with E-state index in [1.165, 1.54) is 0 Å². The summed E-state index contributed by atoms with van der Waals surface area (Å²) < 4.78 is 17.4. The van der Waals surface area contributed by atoms with Crippen LogP contribution in [0.2, 0.25) is 6.04 Å². The lowest BCUT2D eigenvalue weighted by Gasteiger charge is -2.30. The fourth-order valence-electron chi connectivity index (χ4n) is 1.18. The molecule has 0 aliphatic heterocycles. The third-order valence-electron chi connectivity index (χ3n) is 2.00. The summed E-state index contributed by atoms with van der Waals surface area (Å²) in [6, 6.07) is 0.505. The summed E-state index contributed by atoms with van der Waals surface area (Å²) >= 11 is 23.6. The molecule has 0 rings (SSSR count). The van der Waals surface area contributed by atoms with Crippen molar-refractivity contribution < 1.29 is 13.3 Å². The average molecular weight is 372 g/mol. The molecular weight excluding hydrogens is 350 g/mol. The van der Waals surface area contributed by atoms with Crippen molar-refractivity contribution in [1.29, 1.82) is 0 Å². The van der Waals surface area contributed by atoms with Gasteiger partial charge in [-0.15, -0.1) is 46.4 Å². The molecule has 0 radical (unpaired) electrons. The lowest BCUT2D eigenvalue weighted by atomic mass is 10.5. The molecule has 0 fully saturated rings. The maximum atomic E-state index is 5.91. The van der Waals surface area contributed by atoms with Gasteiger partial charge in [0.05, 0.1) is 36.0 Å². The molecule has 0 bridgehead atoms. The summed E-state index contributed by atoms with van der Waals surface area (Å²) in [6.07, 6.45) is 0. The molecule has 0 amide bonds. The zero-order valence-corrected chi connectivity index (χ0v) is 15.5. The van der Waals surface area contributed by atoms with Crippen LogP contribution in [0.25, 0.3) is 0 Å². The Hall–Kier alpha value is 1.26. The first kappa shape index (κ1) is 20.3. The summed E-state index contributed by atoms with van der Waals surface area (Å²) in [7, 11) is -2.87. The first-order valence-electron chi connectivity index (χ1n) is 6.21. The molecular formula is C11H22Cl4O3Si. The van der Waals surface area contributed by atoms with Crippen molar-refractivity contribution in [1.82, 2.24) is 0 Å². The third-order valence-corrected chi connectivity index (χ3v) is 5.57. The van der Waals surface area contributed by atoms with E-state index in [4.69, 9.17) is 59.7 Å². The summed E-state index contributed by atoms with van der Waals surface area (Å²) in [5, 5.41) is -0.385. The molecule has 8 heteroatoms. The van der Waals surface area contributed by atoms with Gasteiger partial charge in [-0.2, -0.15) is 0 Å². The van der Waals surface area contributed by atoms with Crippen LogP contribution in [0.3, 0.4) is 0 Å². The van der Waals surface area contributed by atoms with Gasteiger partial charge in [0.2, 0.25) is 0 Å². The number of hydrogen-bond acceptors (Lipinski definition) is 3. The van der Waals surface area contributed by atoms with Gasteiger partial charge in [0.25, 0.3) is 0 Å². The first-order valence-corrected chi connectivity index (χ1v) is 9.99. The predicted octanol–water partition coefficient (Wildman–Crippen LogP) is 4.10. The van der Waals surface area contributed by atoms with E-state index in [2.05, 4.69) is 0 Å². The minimum absolute atomic E-state index is 0.128. The molecule has 3 unspecified atom stereocenters. The van der Waals surface area contributed by atoms with Gasteiger partial charge in [-0.3, -0.25) is 0 Å². The van der Waals surface area contributed by atoms with Gasteiger partial charge < -0.3 is 13.3 Å². The van der Waals surface area contributed by atoms with Crippen molar-refractivity contribution in [3.8, 4) is 0 Å². The lowest BCUT2D eigenvalue weighted by molar-refractivity contribution is 0.0624. The maximum absolute atomic E-state index is 5.91. The highest BCUT2D eigenvalue weighted by Gasteiger charge is 2.41. The van der Waals surface area contributed by atoms with Crippen molar-refractivity contribution in [3.05, 3.63) is 0 Å². The zero-order valence-electron chi connectivity index (χ0n) is 11.5. The van der Waals surface area contributed by atoms with Crippen molar-refractivity contribution in [2.24, 2.45) is 0 Å². The largest absolute Gasteiger partial charge is 0.502 e. The van der Waals surface area contributed by atoms with Gasteiger partial charge in [0.15, 0.2) is 0 Å². The molecule has 116 valence electrons. The van der Waals surface area contributed by atoms with Crippen LogP contribution in [0, 0.1) is 0 Å². The quantitative estimate of drug-likeness (QED) is 0.404. The van der Waals surface area contributed by atoms with Crippen molar-refractivity contribution >= 4 is 55.2 Å². The van der Waals surface area contributed by atoms with Crippen molar-refractivity contribution in [2.75, 3.05) is 25.7 Å². The highest BCUT2D eigenvalue weighted by molar-refractivity contribution is 6.61. The zero-order chi connectivity index (χ0) is 14.9. The van der Waals surface area contributed by atoms with Crippen LogP contribution >= 0.6 is 46.4 Å². The minimum atomic E-state index is -2.87. The van der Waals surface area contributed by atoms with Crippen LogP contribution in [0.5, 0.6) is 0 Å². The average Bonchev–Trinajstić information content (AvgIpc) is 2.31. The highest BCUT2D eigenvalue weighted by atomic mass is 35.5. The molecule has 0 aliphatic carbocycles. The minimum Gasteiger partial charge on any atom is -0.372 e. The second-order valence-corrected chi connectivity index (χ2v) is 9.74. The topological polar surface area (TPSA) is 27.7 Å². The fraction of sp³-hybridized carbons (Fsp3) is 1.00. The number of alkyl halides is 4. The molecule has 0 aromatic carbocycles. The molecule has 0 spiro atoms. The molecule has 3 nitrogen and oxygen atoms in total. The highest BCUT2D eigenvalue weighted by Crippen LogP contribution is 2.20. The summed E-state index contributed by atoms with van der Waals surface area (Å²) in [6.45, 7) is 6.56. The van der Waals surface area contributed by atoms with Crippen LogP contribution in [0.15, 0.2) is 0 Å². The molecule has 0 aromatic heterocycles. The van der Waals surface area contributed by atoms with Gasteiger partial charge in [0.1, 0.15) is 0 Å². The van der Waals surface area contributed by atoms with Gasteiger partial charge in [-0.1, -0.05) is 0 Å². The van der Waals surface area contributed by atoms with Crippen LogP contribution in [-0.4, -0.2) is 50.6 Å². The third kappa shape index (κ3) is 10.6. The molecule has 0 N–H and O–H groups in total. The van der Waals surface area contributed by atoms with Crippen molar-refractivity contribution in [3.63, 3.8) is 0 Å². The predicted molar refractivity (Wildman–Crippen MR) is 85.1 cm³/mol. The Morgan fingerprint density at radius 3 is 1.32 bits per heavy atom. The molecule has 19 heavy (non-hydrogen) atoms. The Kier molecular flexibility index (Phi) is 11.6. The smallest absolute Gasteiger partial charge is 0.372 e. The first-order chi connectivity index (χ1) is 8.81. The lowest BCUT2D eigenvalue weighted by Crippen LogP contribution is -2.49. The normalized spacial score (nSPS) is 19.7. The summed E-state index contributed by atoms with van der Waals surface area (Å²) in [4.78, 5) is 0. The van der Waals surface area contributed by atoms with E-state index >= 15 is 0 Å². The Bertz CT molecular complexity index is 199. The van der Waals surface area contributed by atoms with Crippen molar-refractivity contribution in [2.45, 2.75) is 42.9 Å². The van der Waals surface area contributed by atoms with E-state index in [0.717, 1.165) is 0 Å². The maximum Gasteiger partial charge on any atom is 0.502 e. The van der Waals surface area contributed by atoms with Gasteiger partial charge in [-0.05, 0) is 20.8 Å². The van der Waals surface area contributed by atoms with E-state index in [0.29, 0.717) is 31.7 Å². The molecule has 3 atom stereocenters. The SMILES string of the molecule is CC(Cl)CO[Si](CCCl)(OCC(C)Cl)OCC(C)Cl. The standard InChI is InChI=1S/C11H22Cl4O3Si/c1-9(13)6-16-19(5-4-12,17-7-10(2)14)18-8-11(3)15/h9-11H,4-8H2,1-3H3. The van der Waals surface area contributed by atoms with Crippen LogP contribution in [0.1, 0.15) is 20.8 Å². The Morgan fingerprint density at radius 1 is 0.789 bits per heavy atom. The number of halogens is 4. The molecule has 0 heterocycles. The second kappa shape index (κ2) is 10.9. The summed E-state index contributed by atoms with van der Waals surface area (Å²) in [5.41, 5.74) is 0. The Labute approximate surface area is 137 Å². The monoisotopic (exact) mass is 370 g/mol.